The van der Waals surface area contributed by atoms with Gasteiger partial charge in [0.1, 0.15) is 0 Å². The van der Waals surface area contributed by atoms with Gasteiger partial charge >= 0.3 is 54.9 Å². The zero-order valence-corrected chi connectivity index (χ0v) is 6.66. The van der Waals surface area contributed by atoms with E-state index in [4.69, 9.17) is 10.2 Å². The molecule has 0 fully saturated rings. The Balaban J connectivity index is 3.35. The van der Waals surface area contributed by atoms with Crippen LogP contribution in [-0.2, 0) is 7.65 Å². The fraction of sp³-hybridized carbons (Fsp3) is 0.500. The van der Waals surface area contributed by atoms with Gasteiger partial charge in [0.05, 0.1) is 0 Å². The first-order valence-corrected chi connectivity index (χ1v) is 2.79. The van der Waals surface area contributed by atoms with Crippen LogP contribution >= 0.6 is 0 Å². The number of aliphatic hydroxyl groups excluding tert-OH is 1. The van der Waals surface area contributed by atoms with Gasteiger partial charge in [0.25, 0.3) is 0 Å². The summed E-state index contributed by atoms with van der Waals surface area (Å²) >= 11 is 0.257. The molecule has 0 aliphatic carbocycles. The summed E-state index contributed by atoms with van der Waals surface area (Å²) in [6.07, 6.45) is -1.96. The van der Waals surface area contributed by atoms with Gasteiger partial charge in [-0.3, -0.25) is 0 Å². The molecule has 0 aromatic rings. The molecule has 4 nitrogen and oxygen atoms in total. The van der Waals surface area contributed by atoms with Gasteiger partial charge in [-0.05, 0) is 0 Å². The minimum absolute atomic E-state index is 0.257. The van der Waals surface area contributed by atoms with Gasteiger partial charge in [0.15, 0.2) is 0 Å². The second-order valence-electron chi connectivity index (χ2n) is 0.811. The molecule has 0 aliphatic heterocycles. The second kappa shape index (κ2) is 3.29. The van der Waals surface area contributed by atoms with E-state index in [1.54, 1.807) is 0 Å². The topological polar surface area (TPSA) is 66.8 Å². The van der Waals surface area contributed by atoms with E-state index in [1.165, 1.54) is 0 Å². The summed E-state index contributed by atoms with van der Waals surface area (Å²) in [6, 6.07) is 0. The van der Waals surface area contributed by atoms with Crippen molar-refractivity contribution in [3.63, 3.8) is 0 Å². The van der Waals surface area contributed by atoms with Crippen LogP contribution in [-0.4, -0.2) is 47.3 Å². The van der Waals surface area contributed by atoms with Crippen LogP contribution in [0.25, 0.3) is 0 Å². The van der Waals surface area contributed by atoms with E-state index in [9.17, 15) is 4.79 Å². The summed E-state index contributed by atoms with van der Waals surface area (Å²) in [5, 5.41) is 15.8. The van der Waals surface area contributed by atoms with Gasteiger partial charge in [0.2, 0.25) is 0 Å². The van der Waals surface area contributed by atoms with E-state index >= 15 is 0 Å². The Hall–Kier alpha value is 0.260. The van der Waals surface area contributed by atoms with Crippen molar-refractivity contribution in [3.8, 4) is 0 Å². The number of hydrogen-bond acceptors (Lipinski definition) is 4. The van der Waals surface area contributed by atoms with E-state index in [1.807, 2.05) is 0 Å². The Kier molecular flexibility index (Phi) is 3.41. The van der Waals surface area contributed by atoms with Crippen molar-refractivity contribution in [2.75, 3.05) is 0 Å². The second-order valence-corrected chi connectivity index (χ2v) is 1.48. The van der Waals surface area contributed by atoms with Crippen LogP contribution in [0, 0.1) is 0 Å². The van der Waals surface area contributed by atoms with Gasteiger partial charge in [-0.1, -0.05) is 0 Å². The van der Waals surface area contributed by atoms with Crippen molar-refractivity contribution in [2.24, 2.45) is 0 Å². The van der Waals surface area contributed by atoms with Crippen LogP contribution in [0.15, 0.2) is 0 Å². The van der Waals surface area contributed by atoms with E-state index in [-0.39, 0.29) is 24.8 Å². The van der Waals surface area contributed by atoms with Crippen LogP contribution in [0.5, 0.6) is 0 Å². The maximum absolute atomic E-state index is 9.82. The molecule has 0 atom stereocenters. The predicted octanol–water partition coefficient (Wildman–Crippen LogP) is -2.08. The van der Waals surface area contributed by atoms with Crippen molar-refractivity contribution in [2.45, 2.75) is 6.29 Å². The van der Waals surface area contributed by atoms with E-state index in [0.717, 1.165) is 0 Å². The molecular weight excluding hydrogens is 203 g/mol. The molecular formula is C2H3InO4. The van der Waals surface area contributed by atoms with Gasteiger partial charge in [-0.25, -0.2) is 0 Å². The molecule has 0 bridgehead atoms. The Bertz CT molecular complexity index is 70.1. The number of carbonyl (C=O) groups is 1. The maximum atomic E-state index is 9.82. The van der Waals surface area contributed by atoms with Gasteiger partial charge in [0, 0.05) is 0 Å². The first kappa shape index (κ1) is 7.26. The van der Waals surface area contributed by atoms with Gasteiger partial charge < -0.3 is 0 Å². The fourth-order valence-electron chi connectivity index (χ4n) is 0.0609. The zero-order valence-electron chi connectivity index (χ0n) is 3.37. The van der Waals surface area contributed by atoms with E-state index < -0.39 is 12.3 Å². The normalized spacial score (nSPS) is 9.00. The molecule has 0 spiro atoms. The third kappa shape index (κ3) is 2.90. The summed E-state index contributed by atoms with van der Waals surface area (Å²) in [4.78, 5) is 9.82. The molecule has 0 aromatic carbocycles. The molecule has 0 aromatic heterocycles. The Morgan fingerprint density at radius 1 is 1.71 bits per heavy atom. The van der Waals surface area contributed by atoms with Crippen molar-refractivity contribution in [3.05, 3.63) is 0 Å². The van der Waals surface area contributed by atoms with Crippen molar-refractivity contribution < 1.29 is 17.9 Å². The molecule has 0 saturated heterocycles. The minimum atomic E-state index is -1.96. The molecule has 38 valence electrons. The number of carbonyl (C=O) groups excluding carboxylic acids is 1. The first-order valence-electron chi connectivity index (χ1n) is 1.45. The first-order chi connectivity index (χ1) is 3.18. The van der Waals surface area contributed by atoms with E-state index in [0.29, 0.717) is 0 Å². The van der Waals surface area contributed by atoms with Crippen molar-refractivity contribution in [1.82, 2.24) is 0 Å². The third-order valence-corrected chi connectivity index (χ3v) is 0.990. The average Bonchev–Trinajstić information content (AvgIpc) is 1.65. The van der Waals surface area contributed by atoms with Crippen LogP contribution in [0.1, 0.15) is 0 Å². The Morgan fingerprint density at radius 3 is 2.14 bits per heavy atom. The monoisotopic (exact) mass is 206 g/mol. The van der Waals surface area contributed by atoms with Crippen LogP contribution in [0.2, 0.25) is 0 Å². The summed E-state index contributed by atoms with van der Waals surface area (Å²) in [5.41, 5.74) is 0. The SMILES string of the molecule is O=C([O][In])C(O)O. The summed E-state index contributed by atoms with van der Waals surface area (Å²) in [5.74, 6) is -0.984. The van der Waals surface area contributed by atoms with Gasteiger partial charge in [-0.15, -0.1) is 0 Å². The molecule has 0 heterocycles. The zero-order chi connectivity index (χ0) is 5.86. The Morgan fingerprint density at radius 2 is 2.14 bits per heavy atom. The molecule has 7 heavy (non-hydrogen) atoms. The molecule has 0 aliphatic rings. The average molecular weight is 206 g/mol. The quantitative estimate of drug-likeness (QED) is 0.483. The Labute approximate surface area is 55.3 Å². The fourth-order valence-corrected chi connectivity index (χ4v) is 0.408. The van der Waals surface area contributed by atoms with Crippen LogP contribution < -0.4 is 0 Å². The number of aliphatic hydroxyl groups is 2. The number of hydrogen-bond donors (Lipinski definition) is 2. The predicted molar refractivity (Wildman–Crippen MR) is 20.1 cm³/mol. The standard InChI is InChI=1S/C2H4O4.In/c3-1(4)2(5)6;/h1,3-4H,(H,5,6);/q;+1/p-1. The molecule has 0 amide bonds. The molecule has 5 heteroatoms. The molecule has 2 radical (unpaired) electrons. The summed E-state index contributed by atoms with van der Waals surface area (Å²) < 4.78 is 4.00. The van der Waals surface area contributed by atoms with Crippen molar-refractivity contribution >= 4 is 30.8 Å². The molecule has 0 rings (SSSR count). The molecule has 2 N–H and O–H groups in total. The third-order valence-electron chi connectivity index (χ3n) is 0.327. The molecule has 0 saturated carbocycles. The van der Waals surface area contributed by atoms with Gasteiger partial charge in [-0.2, -0.15) is 0 Å². The van der Waals surface area contributed by atoms with Crippen LogP contribution in [0.3, 0.4) is 0 Å². The molecule has 0 unspecified atom stereocenters. The van der Waals surface area contributed by atoms with Crippen molar-refractivity contribution in [1.29, 1.82) is 0 Å². The summed E-state index contributed by atoms with van der Waals surface area (Å²) in [6.45, 7) is 0. The number of rotatable bonds is 1. The van der Waals surface area contributed by atoms with Crippen LogP contribution in [0.4, 0.5) is 0 Å². The van der Waals surface area contributed by atoms with E-state index in [2.05, 4.69) is 2.85 Å². The summed E-state index contributed by atoms with van der Waals surface area (Å²) in [7, 11) is 0.